The summed E-state index contributed by atoms with van der Waals surface area (Å²) in [5.41, 5.74) is 6.39. The first-order chi connectivity index (χ1) is 8.09. The maximum Gasteiger partial charge on any atom is 0.351 e. The van der Waals surface area contributed by atoms with Crippen LogP contribution in [0.1, 0.15) is 16.7 Å². The second kappa shape index (κ2) is 4.44. The summed E-state index contributed by atoms with van der Waals surface area (Å²) >= 11 is 0. The molecule has 0 aliphatic heterocycles. The monoisotopic (exact) mass is 226 g/mol. The van der Waals surface area contributed by atoms with Gasteiger partial charge in [-0.05, 0) is 49.6 Å². The number of benzene rings is 1. The Bertz CT molecular complexity index is 571. The van der Waals surface area contributed by atoms with Crippen LogP contribution in [0.25, 0.3) is 0 Å². The van der Waals surface area contributed by atoms with Crippen LogP contribution in [0.15, 0.2) is 41.7 Å². The van der Waals surface area contributed by atoms with Crippen LogP contribution in [-0.4, -0.2) is 5.97 Å². The lowest BCUT2D eigenvalue weighted by Gasteiger charge is -2.11. The molecule has 0 fully saturated rings. The van der Waals surface area contributed by atoms with Gasteiger partial charge in [-0.3, -0.25) is 0 Å². The molecule has 0 bridgehead atoms. The Labute approximate surface area is 101 Å². The van der Waals surface area contributed by atoms with Gasteiger partial charge in [-0.25, -0.2) is 4.79 Å². The van der Waals surface area contributed by atoms with Crippen molar-refractivity contribution in [2.24, 2.45) is 0 Å². The molecular formula is C15H14O2. The van der Waals surface area contributed by atoms with Crippen LogP contribution in [0.2, 0.25) is 0 Å². The van der Waals surface area contributed by atoms with Gasteiger partial charge in [0, 0.05) is 0 Å². The van der Waals surface area contributed by atoms with Crippen molar-refractivity contribution in [1.29, 1.82) is 0 Å². The van der Waals surface area contributed by atoms with Crippen LogP contribution >= 0.6 is 0 Å². The highest BCUT2D eigenvalue weighted by Gasteiger charge is 2.14. The molecule has 1 aromatic carbocycles. The first-order valence-corrected chi connectivity index (χ1v) is 5.52. The van der Waals surface area contributed by atoms with E-state index in [9.17, 15) is 4.79 Å². The molecule has 0 spiro atoms. The Balaban J connectivity index is 2.30. The summed E-state index contributed by atoms with van der Waals surface area (Å²) in [7, 11) is 0. The molecule has 1 aromatic rings. The van der Waals surface area contributed by atoms with E-state index in [1.807, 2.05) is 32.9 Å². The van der Waals surface area contributed by atoms with Crippen molar-refractivity contribution in [3.63, 3.8) is 0 Å². The predicted molar refractivity (Wildman–Crippen MR) is 67.0 cm³/mol. The summed E-state index contributed by atoms with van der Waals surface area (Å²) in [5.74, 6) is 0.302. The number of ether oxygens (including phenoxy) is 1. The van der Waals surface area contributed by atoms with Gasteiger partial charge >= 0.3 is 5.97 Å². The lowest BCUT2D eigenvalue weighted by molar-refractivity contribution is -0.129. The molecule has 0 heterocycles. The van der Waals surface area contributed by atoms with E-state index >= 15 is 0 Å². The Morgan fingerprint density at radius 1 is 1.18 bits per heavy atom. The second-order valence-electron chi connectivity index (χ2n) is 4.13. The zero-order chi connectivity index (χ0) is 12.4. The minimum absolute atomic E-state index is 0.355. The van der Waals surface area contributed by atoms with Gasteiger partial charge in [0.05, 0.1) is 0 Å². The zero-order valence-electron chi connectivity index (χ0n) is 10.2. The third kappa shape index (κ3) is 2.22. The Morgan fingerprint density at radius 2 is 1.88 bits per heavy atom. The lowest BCUT2D eigenvalue weighted by Crippen LogP contribution is -2.11. The molecule has 0 saturated carbocycles. The van der Waals surface area contributed by atoms with E-state index in [-0.39, 0.29) is 5.97 Å². The van der Waals surface area contributed by atoms with Crippen LogP contribution in [0.3, 0.4) is 0 Å². The molecule has 0 N–H and O–H groups in total. The minimum atomic E-state index is -0.355. The molecule has 0 unspecified atom stereocenters. The van der Waals surface area contributed by atoms with Crippen LogP contribution in [0.5, 0.6) is 5.75 Å². The van der Waals surface area contributed by atoms with Crippen LogP contribution in [0.4, 0.5) is 0 Å². The van der Waals surface area contributed by atoms with E-state index in [1.54, 1.807) is 18.2 Å². The normalized spacial score (nSPS) is 12.8. The second-order valence-corrected chi connectivity index (χ2v) is 4.13. The quantitative estimate of drug-likeness (QED) is 0.440. The topological polar surface area (TPSA) is 26.3 Å². The van der Waals surface area contributed by atoms with Gasteiger partial charge in [0.15, 0.2) is 0 Å². The number of allylic oxidation sites excluding steroid dienone is 1. The summed E-state index contributed by atoms with van der Waals surface area (Å²) in [6.45, 7) is 5.89. The number of hydrogen-bond donors (Lipinski definition) is 0. The van der Waals surface area contributed by atoms with Gasteiger partial charge in [0.25, 0.3) is 0 Å². The third-order valence-corrected chi connectivity index (χ3v) is 2.89. The van der Waals surface area contributed by atoms with E-state index in [1.165, 1.54) is 0 Å². The van der Waals surface area contributed by atoms with Crippen LogP contribution in [0, 0.1) is 20.8 Å². The van der Waals surface area contributed by atoms with Gasteiger partial charge in [0.1, 0.15) is 11.3 Å². The molecule has 0 saturated heterocycles. The van der Waals surface area contributed by atoms with Crippen molar-refractivity contribution in [2.45, 2.75) is 20.8 Å². The molecule has 86 valence electrons. The number of carbonyl (C=O) groups excluding carboxylic acids is 1. The number of aryl methyl sites for hydroxylation is 2. The predicted octanol–water partition coefficient (Wildman–Crippen LogP) is 3.17. The Morgan fingerprint density at radius 3 is 2.53 bits per heavy atom. The lowest BCUT2D eigenvalue weighted by atomic mass is 10.1. The maximum atomic E-state index is 11.8. The average Bonchev–Trinajstić information content (AvgIpc) is 2.83. The Kier molecular flexibility index (Phi) is 2.99. The fraction of sp³-hybridized carbons (Fsp3) is 0.200. The number of hydrogen-bond acceptors (Lipinski definition) is 2. The smallest absolute Gasteiger partial charge is 0.351 e. The summed E-state index contributed by atoms with van der Waals surface area (Å²) < 4.78 is 5.43. The molecule has 2 nitrogen and oxygen atoms in total. The third-order valence-electron chi connectivity index (χ3n) is 2.89. The van der Waals surface area contributed by atoms with Crippen molar-refractivity contribution in [1.82, 2.24) is 0 Å². The van der Waals surface area contributed by atoms with E-state index < -0.39 is 0 Å². The molecule has 1 aliphatic rings. The standard InChI is InChI=1S/C15H14O2/c1-10-8-9-11(2)14(12(10)3)17-15(16)13-6-4-5-7-13/h4-6,8-9H,1-3H3. The van der Waals surface area contributed by atoms with Crippen LogP contribution < -0.4 is 4.74 Å². The SMILES string of the molecule is Cc1ccc(C)c(OC(=O)C2=C=CC=C2)c1C. The fourth-order valence-electron chi connectivity index (χ4n) is 1.69. The molecule has 2 heteroatoms. The molecule has 0 atom stereocenters. The molecule has 0 amide bonds. The number of esters is 1. The number of carbonyl (C=O) groups is 1. The first kappa shape index (κ1) is 11.4. The van der Waals surface area contributed by atoms with Gasteiger partial charge in [0.2, 0.25) is 0 Å². The van der Waals surface area contributed by atoms with Crippen molar-refractivity contribution < 1.29 is 9.53 Å². The maximum absolute atomic E-state index is 11.8. The zero-order valence-corrected chi connectivity index (χ0v) is 10.2. The van der Waals surface area contributed by atoms with E-state index in [0.717, 1.165) is 16.7 Å². The Hall–Kier alpha value is -2.05. The molecular weight excluding hydrogens is 212 g/mol. The van der Waals surface area contributed by atoms with Crippen molar-refractivity contribution in [3.05, 3.63) is 58.4 Å². The summed E-state index contributed by atoms with van der Waals surface area (Å²) in [6, 6.07) is 3.98. The van der Waals surface area contributed by atoms with Gasteiger partial charge in [-0.15, -0.1) is 5.73 Å². The summed E-state index contributed by atoms with van der Waals surface area (Å²) in [5, 5.41) is 0. The highest BCUT2D eigenvalue weighted by atomic mass is 16.5. The van der Waals surface area contributed by atoms with Crippen molar-refractivity contribution in [2.75, 3.05) is 0 Å². The largest absolute Gasteiger partial charge is 0.422 e. The van der Waals surface area contributed by atoms with Crippen molar-refractivity contribution in [3.8, 4) is 5.75 Å². The van der Waals surface area contributed by atoms with Gasteiger partial charge in [-0.2, -0.15) is 0 Å². The fourth-order valence-corrected chi connectivity index (χ4v) is 1.69. The highest BCUT2D eigenvalue weighted by Crippen LogP contribution is 2.26. The van der Waals surface area contributed by atoms with Gasteiger partial charge < -0.3 is 4.74 Å². The highest BCUT2D eigenvalue weighted by molar-refractivity contribution is 5.94. The van der Waals surface area contributed by atoms with Crippen molar-refractivity contribution >= 4 is 5.97 Å². The minimum Gasteiger partial charge on any atom is -0.422 e. The summed E-state index contributed by atoms with van der Waals surface area (Å²) in [6.07, 6.45) is 5.17. The molecule has 1 aliphatic carbocycles. The molecule has 2 rings (SSSR count). The summed E-state index contributed by atoms with van der Waals surface area (Å²) in [4.78, 5) is 11.8. The van der Waals surface area contributed by atoms with E-state index in [2.05, 4.69) is 5.73 Å². The first-order valence-electron chi connectivity index (χ1n) is 5.52. The van der Waals surface area contributed by atoms with E-state index in [4.69, 9.17) is 4.74 Å². The van der Waals surface area contributed by atoms with E-state index in [0.29, 0.717) is 11.3 Å². The van der Waals surface area contributed by atoms with Gasteiger partial charge in [-0.1, -0.05) is 18.2 Å². The average molecular weight is 226 g/mol. The molecule has 0 aromatic heterocycles. The number of rotatable bonds is 2. The molecule has 0 radical (unpaired) electrons. The molecule has 17 heavy (non-hydrogen) atoms. The van der Waals surface area contributed by atoms with Crippen LogP contribution in [-0.2, 0) is 4.79 Å².